The molecule has 0 fully saturated rings. The van der Waals surface area contributed by atoms with Crippen molar-refractivity contribution in [2.24, 2.45) is 0 Å². The monoisotopic (exact) mass is 796 g/mol. The van der Waals surface area contributed by atoms with Gasteiger partial charge in [0, 0.05) is 58.8 Å². The molecule has 2 atom stereocenters. The molecule has 2 nitrogen and oxygen atoms in total. The van der Waals surface area contributed by atoms with Gasteiger partial charge in [0.15, 0.2) is 0 Å². The largest absolute Gasteiger partial charge is 0.314 e. The van der Waals surface area contributed by atoms with E-state index in [1.165, 1.54) is 89.8 Å². The highest BCUT2D eigenvalue weighted by Crippen LogP contribution is 2.43. The van der Waals surface area contributed by atoms with Crippen LogP contribution in [-0.4, -0.2) is 0 Å². The second kappa shape index (κ2) is 16.6. The van der Waals surface area contributed by atoms with Gasteiger partial charge in [0.2, 0.25) is 0 Å². The van der Waals surface area contributed by atoms with Gasteiger partial charge >= 0.3 is 0 Å². The lowest BCUT2D eigenvalue weighted by atomic mass is 9.79. The number of rotatable bonds is 10. The van der Waals surface area contributed by atoms with E-state index in [1.807, 2.05) is 0 Å². The molecule has 0 saturated carbocycles. The third kappa shape index (κ3) is 7.50. The minimum Gasteiger partial charge on any atom is -0.314 e. The molecule has 2 heteroatoms. The van der Waals surface area contributed by atoms with Crippen molar-refractivity contribution in [3.8, 4) is 0 Å². The lowest BCUT2D eigenvalue weighted by Crippen LogP contribution is -2.23. The van der Waals surface area contributed by atoms with Crippen molar-refractivity contribution < 1.29 is 0 Å². The average molecular weight is 797 g/mol. The average Bonchev–Trinajstić information content (AvgIpc) is 3.33. The molecule has 11 rings (SSSR count). The predicted octanol–water partition coefficient (Wildman–Crippen LogP) is 15.0. The summed E-state index contributed by atoms with van der Waals surface area (Å²) >= 11 is 0. The zero-order valence-corrected chi connectivity index (χ0v) is 34.8. The fourth-order valence-corrected chi connectivity index (χ4v) is 9.92. The summed E-state index contributed by atoms with van der Waals surface area (Å²) in [6.07, 6.45) is 27.0. The second-order valence-electron chi connectivity index (χ2n) is 16.8. The Morgan fingerprint density at radius 3 is 1.06 bits per heavy atom. The van der Waals surface area contributed by atoms with Crippen molar-refractivity contribution in [2.45, 2.75) is 37.5 Å². The quantitative estimate of drug-likeness (QED) is 0.100. The first-order valence-electron chi connectivity index (χ1n) is 22.0. The lowest BCUT2D eigenvalue weighted by Gasteiger charge is -2.34. The highest BCUT2D eigenvalue weighted by molar-refractivity contribution is 5.77. The van der Waals surface area contributed by atoms with Gasteiger partial charge in [-0.15, -0.1) is 0 Å². The minimum absolute atomic E-state index is 0.319. The molecule has 0 amide bonds. The molecule has 0 bridgehead atoms. The van der Waals surface area contributed by atoms with Crippen molar-refractivity contribution in [2.75, 3.05) is 9.80 Å². The number of anilines is 4. The summed E-state index contributed by atoms with van der Waals surface area (Å²) in [4.78, 5) is 4.87. The molecule has 298 valence electrons. The van der Waals surface area contributed by atoms with Gasteiger partial charge in [0.25, 0.3) is 0 Å². The molecule has 0 radical (unpaired) electrons. The standard InChI is InChI=1S/C60H48N2/c1-3-19-53(20-4-1)61(57-39-49-15-7-11-47-12-8-16-50(40-57)59(47)49)55-35-31-45(32-36-55)29-27-43-23-25-44(26-24-43)28-30-46-33-37-56(38-34-46)62(54-21-5-2-6-22-54)58-41-51-17-9-13-48-14-10-18-52(42-58)60(48)51/h1-11,13,15-38,40,42,50,52H,12,14,39,41H2. The van der Waals surface area contributed by atoms with Crippen LogP contribution in [0.25, 0.3) is 24.3 Å². The van der Waals surface area contributed by atoms with Crippen molar-refractivity contribution in [1.82, 2.24) is 0 Å². The Hall–Kier alpha value is -7.42. The van der Waals surface area contributed by atoms with Crippen LogP contribution in [0.15, 0.2) is 218 Å². The van der Waals surface area contributed by atoms with E-state index in [0.717, 1.165) is 25.7 Å². The van der Waals surface area contributed by atoms with E-state index in [9.17, 15) is 0 Å². The van der Waals surface area contributed by atoms with Crippen molar-refractivity contribution in [1.29, 1.82) is 0 Å². The molecule has 62 heavy (non-hydrogen) atoms. The summed E-state index contributed by atoms with van der Waals surface area (Å²) in [5.74, 6) is 0.638. The summed E-state index contributed by atoms with van der Waals surface area (Å²) < 4.78 is 0. The highest BCUT2D eigenvalue weighted by atomic mass is 15.2. The molecule has 2 unspecified atom stereocenters. The molecule has 0 saturated heterocycles. The molecule has 0 N–H and O–H groups in total. The lowest BCUT2D eigenvalue weighted by molar-refractivity contribution is 0.875. The topological polar surface area (TPSA) is 6.48 Å². The predicted molar refractivity (Wildman–Crippen MR) is 262 cm³/mol. The molecule has 7 aromatic rings. The maximum absolute atomic E-state index is 2.47. The van der Waals surface area contributed by atoms with Crippen LogP contribution in [0.1, 0.15) is 67.5 Å². The Morgan fingerprint density at radius 2 is 0.677 bits per heavy atom. The Morgan fingerprint density at radius 1 is 0.339 bits per heavy atom. The number of hydrogen-bond acceptors (Lipinski definition) is 2. The van der Waals surface area contributed by atoms with Gasteiger partial charge < -0.3 is 9.80 Å². The minimum atomic E-state index is 0.319. The van der Waals surface area contributed by atoms with Gasteiger partial charge in [-0.05, 0) is 117 Å². The zero-order chi connectivity index (χ0) is 41.2. The molecular formula is C60H48N2. The normalized spacial score (nSPS) is 17.0. The van der Waals surface area contributed by atoms with Gasteiger partial charge in [-0.2, -0.15) is 0 Å². The molecule has 7 aromatic carbocycles. The maximum atomic E-state index is 2.47. The highest BCUT2D eigenvalue weighted by Gasteiger charge is 2.28. The summed E-state index contributed by atoms with van der Waals surface area (Å²) in [6.45, 7) is 0. The first kappa shape index (κ1) is 37.6. The Bertz CT molecular complexity index is 2720. The van der Waals surface area contributed by atoms with Gasteiger partial charge in [-0.1, -0.05) is 182 Å². The molecule has 0 spiro atoms. The fourth-order valence-electron chi connectivity index (χ4n) is 9.92. The van der Waals surface area contributed by atoms with Crippen LogP contribution >= 0.6 is 0 Å². The van der Waals surface area contributed by atoms with E-state index in [1.54, 1.807) is 0 Å². The van der Waals surface area contributed by atoms with Gasteiger partial charge in [0.1, 0.15) is 0 Å². The second-order valence-corrected chi connectivity index (χ2v) is 16.8. The molecule has 4 aliphatic rings. The van der Waals surface area contributed by atoms with E-state index in [0.29, 0.717) is 11.8 Å². The summed E-state index contributed by atoms with van der Waals surface area (Å²) in [6, 6.07) is 61.9. The van der Waals surface area contributed by atoms with E-state index in [-0.39, 0.29) is 0 Å². The Kier molecular flexibility index (Phi) is 10.0. The zero-order valence-electron chi connectivity index (χ0n) is 34.8. The van der Waals surface area contributed by atoms with E-state index in [2.05, 4.69) is 240 Å². The SMILES string of the molecule is C1=CC2C=C(N(c3ccccc3)c3ccc(C=Cc4ccc(C=Cc5ccc(N(C6=CC7C=CCc8cccc(c87)C6)c6ccccc6)cc5)cc4)cc3)Cc3cccc(c32)C1. The van der Waals surface area contributed by atoms with Crippen molar-refractivity contribution in [3.05, 3.63) is 273 Å². The number of nitrogens with zero attached hydrogens (tertiary/aromatic N) is 2. The first-order chi connectivity index (χ1) is 30.7. The van der Waals surface area contributed by atoms with Crippen LogP contribution in [-0.2, 0) is 25.7 Å². The van der Waals surface area contributed by atoms with E-state index >= 15 is 0 Å². The molecule has 0 aliphatic heterocycles. The Labute approximate surface area is 366 Å². The van der Waals surface area contributed by atoms with E-state index < -0.39 is 0 Å². The van der Waals surface area contributed by atoms with Gasteiger partial charge in [0.05, 0.1) is 0 Å². The number of para-hydroxylation sites is 2. The van der Waals surface area contributed by atoms with Crippen LogP contribution in [0, 0.1) is 0 Å². The van der Waals surface area contributed by atoms with Crippen molar-refractivity contribution >= 4 is 47.1 Å². The summed E-state index contributed by atoms with van der Waals surface area (Å²) in [7, 11) is 0. The van der Waals surface area contributed by atoms with Gasteiger partial charge in [-0.25, -0.2) is 0 Å². The smallest absolute Gasteiger partial charge is 0.0458 e. The van der Waals surface area contributed by atoms with Crippen LogP contribution in [0.2, 0.25) is 0 Å². The molecule has 0 aromatic heterocycles. The summed E-state index contributed by atoms with van der Waals surface area (Å²) in [5.41, 5.74) is 20.9. The van der Waals surface area contributed by atoms with Crippen molar-refractivity contribution in [3.63, 3.8) is 0 Å². The molecular weight excluding hydrogens is 749 g/mol. The van der Waals surface area contributed by atoms with E-state index in [4.69, 9.17) is 0 Å². The number of hydrogen-bond donors (Lipinski definition) is 0. The third-order valence-electron chi connectivity index (χ3n) is 12.9. The first-order valence-corrected chi connectivity index (χ1v) is 22.0. The van der Waals surface area contributed by atoms with Crippen LogP contribution in [0.4, 0.5) is 22.7 Å². The number of benzene rings is 7. The van der Waals surface area contributed by atoms with Crippen LogP contribution in [0.3, 0.4) is 0 Å². The molecule has 4 aliphatic carbocycles. The maximum Gasteiger partial charge on any atom is 0.0458 e. The third-order valence-corrected chi connectivity index (χ3v) is 12.9. The number of allylic oxidation sites excluding steroid dienone is 8. The van der Waals surface area contributed by atoms with Crippen LogP contribution < -0.4 is 9.80 Å². The Balaban J connectivity index is 0.775. The fraction of sp³-hybridized carbons (Fsp3) is 0.100. The molecule has 0 heterocycles. The van der Waals surface area contributed by atoms with Crippen LogP contribution in [0.5, 0.6) is 0 Å². The summed E-state index contributed by atoms with van der Waals surface area (Å²) in [5, 5.41) is 0. The van der Waals surface area contributed by atoms with Gasteiger partial charge in [-0.3, -0.25) is 0 Å².